The van der Waals surface area contributed by atoms with Crippen molar-refractivity contribution < 1.29 is 22.7 Å². The van der Waals surface area contributed by atoms with Crippen LogP contribution in [0.1, 0.15) is 11.1 Å². The van der Waals surface area contributed by atoms with Crippen LogP contribution in [-0.4, -0.2) is 5.11 Å². The smallest absolute Gasteiger partial charge is 0.420 e. The molecule has 0 amide bonds. The fourth-order valence-electron chi connectivity index (χ4n) is 1.80. The van der Waals surface area contributed by atoms with Crippen LogP contribution in [0.15, 0.2) is 30.3 Å². The summed E-state index contributed by atoms with van der Waals surface area (Å²) in [6, 6.07) is 6.41. The summed E-state index contributed by atoms with van der Waals surface area (Å²) >= 11 is 5.58. The van der Waals surface area contributed by atoms with Crippen LogP contribution in [0.2, 0.25) is 5.02 Å². The van der Waals surface area contributed by atoms with E-state index in [4.69, 9.17) is 16.9 Å². The molecule has 0 saturated carbocycles. The van der Waals surface area contributed by atoms with Crippen molar-refractivity contribution >= 4 is 11.6 Å². The van der Waals surface area contributed by atoms with Crippen molar-refractivity contribution in [1.29, 1.82) is 5.26 Å². The number of rotatable bonds is 1. The molecule has 0 aliphatic rings. The molecule has 2 aromatic carbocycles. The second-order valence-electron chi connectivity index (χ2n) is 4.16. The van der Waals surface area contributed by atoms with Crippen LogP contribution in [-0.2, 0) is 6.18 Å². The lowest BCUT2D eigenvalue weighted by Gasteiger charge is -2.13. The van der Waals surface area contributed by atoms with Crippen LogP contribution < -0.4 is 0 Å². The molecule has 2 rings (SSSR count). The molecule has 21 heavy (non-hydrogen) atoms. The molecule has 0 bridgehead atoms. The van der Waals surface area contributed by atoms with Crippen molar-refractivity contribution in [2.45, 2.75) is 6.18 Å². The Hall–Kier alpha value is -2.26. The molecular weight excluding hydrogens is 310 g/mol. The Bertz CT molecular complexity index is 750. The van der Waals surface area contributed by atoms with Gasteiger partial charge in [-0.05, 0) is 29.8 Å². The average Bonchev–Trinajstić information content (AvgIpc) is 2.41. The molecule has 0 radical (unpaired) electrons. The number of aromatic hydroxyl groups is 1. The Balaban J connectivity index is 2.74. The predicted molar refractivity (Wildman–Crippen MR) is 68.2 cm³/mol. The van der Waals surface area contributed by atoms with Crippen LogP contribution >= 0.6 is 11.6 Å². The SMILES string of the molecule is N#Cc1cc(-c2ccc(F)c(Cl)c2)c(O)c(C(F)(F)F)c1. The van der Waals surface area contributed by atoms with Gasteiger partial charge in [-0.1, -0.05) is 17.7 Å². The predicted octanol–water partition coefficient (Wildman–Crippen LogP) is 4.74. The van der Waals surface area contributed by atoms with E-state index in [2.05, 4.69) is 0 Å². The molecule has 0 fully saturated rings. The zero-order valence-electron chi connectivity index (χ0n) is 10.2. The lowest BCUT2D eigenvalue weighted by molar-refractivity contribution is -0.138. The molecule has 0 spiro atoms. The Labute approximate surface area is 121 Å². The average molecular weight is 316 g/mol. The molecule has 1 N–H and O–H groups in total. The van der Waals surface area contributed by atoms with Gasteiger partial charge in [0.15, 0.2) is 0 Å². The highest BCUT2D eigenvalue weighted by atomic mass is 35.5. The van der Waals surface area contributed by atoms with Gasteiger partial charge in [-0.3, -0.25) is 0 Å². The fraction of sp³-hybridized carbons (Fsp3) is 0.0714. The van der Waals surface area contributed by atoms with Crippen molar-refractivity contribution in [3.63, 3.8) is 0 Å². The van der Waals surface area contributed by atoms with Gasteiger partial charge in [0.05, 0.1) is 22.2 Å². The Morgan fingerprint density at radius 2 is 1.81 bits per heavy atom. The van der Waals surface area contributed by atoms with Crippen molar-refractivity contribution in [2.75, 3.05) is 0 Å². The maximum atomic E-state index is 13.1. The third-order valence-corrected chi connectivity index (χ3v) is 3.06. The summed E-state index contributed by atoms with van der Waals surface area (Å²) in [5, 5.41) is 18.3. The van der Waals surface area contributed by atoms with E-state index < -0.39 is 23.3 Å². The van der Waals surface area contributed by atoms with Gasteiger partial charge in [0, 0.05) is 5.56 Å². The fourth-order valence-corrected chi connectivity index (χ4v) is 1.98. The molecular formula is C14H6ClF4NO. The Morgan fingerprint density at radius 1 is 1.14 bits per heavy atom. The van der Waals surface area contributed by atoms with Gasteiger partial charge in [0.2, 0.25) is 0 Å². The maximum Gasteiger partial charge on any atom is 0.420 e. The first-order valence-corrected chi connectivity index (χ1v) is 5.91. The van der Waals surface area contributed by atoms with E-state index in [1.807, 2.05) is 0 Å². The maximum absolute atomic E-state index is 13.1. The quantitative estimate of drug-likeness (QED) is 0.772. The van der Waals surface area contributed by atoms with Gasteiger partial charge in [0.1, 0.15) is 11.6 Å². The van der Waals surface area contributed by atoms with E-state index in [9.17, 15) is 22.7 Å². The first kappa shape index (κ1) is 15.1. The molecule has 108 valence electrons. The number of halogens is 5. The highest BCUT2D eigenvalue weighted by molar-refractivity contribution is 6.31. The van der Waals surface area contributed by atoms with Crippen molar-refractivity contribution in [1.82, 2.24) is 0 Å². The van der Waals surface area contributed by atoms with Crippen molar-refractivity contribution in [3.8, 4) is 22.9 Å². The molecule has 7 heteroatoms. The minimum atomic E-state index is -4.82. The molecule has 0 aromatic heterocycles. The monoisotopic (exact) mass is 315 g/mol. The summed E-state index contributed by atoms with van der Waals surface area (Å²) in [5.41, 5.74) is -1.79. The van der Waals surface area contributed by atoms with Gasteiger partial charge < -0.3 is 5.11 Å². The van der Waals surface area contributed by atoms with E-state index in [0.29, 0.717) is 6.07 Å². The zero-order valence-corrected chi connectivity index (χ0v) is 10.9. The van der Waals surface area contributed by atoms with E-state index in [-0.39, 0.29) is 21.7 Å². The van der Waals surface area contributed by atoms with Crippen LogP contribution in [0.5, 0.6) is 5.75 Å². The number of benzene rings is 2. The standard InChI is InChI=1S/C14H6ClF4NO/c15-11-5-8(1-2-12(11)16)9-3-7(6-20)4-10(13(9)21)14(17,18)19/h1-5,21H. The van der Waals surface area contributed by atoms with E-state index >= 15 is 0 Å². The van der Waals surface area contributed by atoms with Gasteiger partial charge in [-0.2, -0.15) is 18.4 Å². The van der Waals surface area contributed by atoms with Crippen molar-refractivity contribution in [3.05, 3.63) is 52.3 Å². The van der Waals surface area contributed by atoms with Gasteiger partial charge in [-0.15, -0.1) is 0 Å². The Kier molecular flexibility index (Phi) is 3.79. The summed E-state index contributed by atoms with van der Waals surface area (Å²) in [4.78, 5) is 0. The van der Waals surface area contributed by atoms with Crippen LogP contribution in [0, 0.1) is 17.1 Å². The number of nitriles is 1. The van der Waals surface area contributed by atoms with E-state index in [1.165, 1.54) is 0 Å². The van der Waals surface area contributed by atoms with E-state index in [1.54, 1.807) is 6.07 Å². The number of hydrogen-bond donors (Lipinski definition) is 1. The lowest BCUT2D eigenvalue weighted by atomic mass is 9.98. The van der Waals surface area contributed by atoms with Crippen LogP contribution in [0.3, 0.4) is 0 Å². The minimum absolute atomic E-state index is 0.0708. The Morgan fingerprint density at radius 3 is 2.33 bits per heavy atom. The second kappa shape index (κ2) is 5.26. The molecule has 0 saturated heterocycles. The highest BCUT2D eigenvalue weighted by Crippen LogP contribution is 2.42. The first-order valence-electron chi connectivity index (χ1n) is 5.53. The van der Waals surface area contributed by atoms with Crippen LogP contribution in [0.4, 0.5) is 17.6 Å². The second-order valence-corrected chi connectivity index (χ2v) is 4.57. The lowest BCUT2D eigenvalue weighted by Crippen LogP contribution is -2.06. The number of hydrogen-bond acceptors (Lipinski definition) is 2. The third kappa shape index (κ3) is 2.93. The summed E-state index contributed by atoms with van der Waals surface area (Å²) in [6.07, 6.45) is -4.82. The topological polar surface area (TPSA) is 44.0 Å². The molecule has 0 aliphatic carbocycles. The number of alkyl halides is 3. The van der Waals surface area contributed by atoms with Crippen LogP contribution in [0.25, 0.3) is 11.1 Å². The number of nitrogens with zero attached hydrogens (tertiary/aromatic N) is 1. The zero-order chi connectivity index (χ0) is 15.8. The molecule has 0 unspecified atom stereocenters. The third-order valence-electron chi connectivity index (χ3n) is 2.78. The largest absolute Gasteiger partial charge is 0.507 e. The molecule has 0 aliphatic heterocycles. The molecule has 2 nitrogen and oxygen atoms in total. The number of phenols is 1. The summed E-state index contributed by atoms with van der Waals surface area (Å²) in [5.74, 6) is -1.78. The van der Waals surface area contributed by atoms with Gasteiger partial charge in [0.25, 0.3) is 0 Å². The molecule has 0 atom stereocenters. The number of phenolic OH excluding ortho intramolecular Hbond substituents is 1. The molecule has 0 heterocycles. The summed E-state index contributed by atoms with van der Waals surface area (Å²) in [6.45, 7) is 0. The van der Waals surface area contributed by atoms with Gasteiger partial charge in [-0.25, -0.2) is 4.39 Å². The van der Waals surface area contributed by atoms with Gasteiger partial charge >= 0.3 is 6.18 Å². The normalized spacial score (nSPS) is 11.2. The minimum Gasteiger partial charge on any atom is -0.507 e. The van der Waals surface area contributed by atoms with E-state index in [0.717, 1.165) is 24.3 Å². The first-order chi connectivity index (χ1) is 9.74. The summed E-state index contributed by atoms with van der Waals surface area (Å²) < 4.78 is 51.6. The van der Waals surface area contributed by atoms with Crippen molar-refractivity contribution in [2.24, 2.45) is 0 Å². The highest BCUT2D eigenvalue weighted by Gasteiger charge is 2.35. The molecule has 2 aromatic rings. The summed E-state index contributed by atoms with van der Waals surface area (Å²) in [7, 11) is 0.